The van der Waals surface area contributed by atoms with Gasteiger partial charge in [0.05, 0.1) is 0 Å². The molecule has 0 bridgehead atoms. The summed E-state index contributed by atoms with van der Waals surface area (Å²) in [5, 5.41) is 3.47. The quantitative estimate of drug-likeness (QED) is 0.779. The number of rotatable bonds is 4. The van der Waals surface area contributed by atoms with E-state index in [9.17, 15) is 0 Å². The molecule has 0 amide bonds. The number of hydrogen-bond donors (Lipinski definition) is 1. The third kappa shape index (κ3) is 2.82. The first-order valence-corrected chi connectivity index (χ1v) is 5.42. The van der Waals surface area contributed by atoms with Crippen molar-refractivity contribution in [2.45, 2.75) is 19.4 Å². The molecule has 2 nitrogen and oxygen atoms in total. The molecule has 1 aromatic carbocycles. The zero-order valence-corrected chi connectivity index (χ0v) is 8.58. The van der Waals surface area contributed by atoms with E-state index in [0.29, 0.717) is 0 Å². The molecule has 0 unspecified atom stereocenters. The lowest BCUT2D eigenvalue weighted by Crippen LogP contribution is -2.31. The van der Waals surface area contributed by atoms with Gasteiger partial charge in [0.1, 0.15) is 0 Å². The average molecular weight is 190 g/mol. The zero-order chi connectivity index (χ0) is 9.64. The van der Waals surface area contributed by atoms with Gasteiger partial charge < -0.3 is 5.32 Å². The predicted octanol–water partition coefficient (Wildman–Crippen LogP) is 1.83. The molecule has 0 aromatic heterocycles. The Bertz CT molecular complexity index is 252. The molecule has 0 radical (unpaired) electrons. The first kappa shape index (κ1) is 9.69. The Morgan fingerprint density at radius 3 is 2.50 bits per heavy atom. The van der Waals surface area contributed by atoms with Crippen LogP contribution in [0.5, 0.6) is 0 Å². The van der Waals surface area contributed by atoms with Crippen LogP contribution in [0.1, 0.15) is 18.4 Å². The van der Waals surface area contributed by atoms with Gasteiger partial charge in [-0.3, -0.25) is 4.90 Å². The Morgan fingerprint density at radius 1 is 1.07 bits per heavy atom. The smallest absolute Gasteiger partial charge is 0.0483 e. The Morgan fingerprint density at radius 2 is 1.79 bits per heavy atom. The van der Waals surface area contributed by atoms with Crippen LogP contribution in [0.2, 0.25) is 0 Å². The highest BCUT2D eigenvalue weighted by Gasteiger charge is 2.09. The van der Waals surface area contributed by atoms with Crippen LogP contribution in [-0.4, -0.2) is 24.7 Å². The third-order valence-corrected chi connectivity index (χ3v) is 2.71. The number of likely N-dealkylation sites (tertiary alicyclic amines) is 1. The van der Waals surface area contributed by atoms with Crippen LogP contribution in [0.4, 0.5) is 0 Å². The Labute approximate surface area is 85.9 Å². The normalized spacial score (nSPS) is 17.4. The number of nitrogens with one attached hydrogen (secondary N) is 1. The van der Waals surface area contributed by atoms with Crippen molar-refractivity contribution in [2.75, 3.05) is 19.8 Å². The molecule has 1 aromatic rings. The van der Waals surface area contributed by atoms with E-state index < -0.39 is 0 Å². The molecule has 0 saturated carbocycles. The van der Waals surface area contributed by atoms with Crippen LogP contribution < -0.4 is 5.32 Å². The van der Waals surface area contributed by atoms with Gasteiger partial charge in [-0.2, -0.15) is 0 Å². The van der Waals surface area contributed by atoms with Gasteiger partial charge in [-0.1, -0.05) is 30.3 Å². The largest absolute Gasteiger partial charge is 0.300 e. The number of benzene rings is 1. The molecule has 2 heteroatoms. The second kappa shape index (κ2) is 5.13. The van der Waals surface area contributed by atoms with Crippen molar-refractivity contribution >= 4 is 0 Å². The fourth-order valence-electron chi connectivity index (χ4n) is 1.89. The summed E-state index contributed by atoms with van der Waals surface area (Å²) in [5.41, 5.74) is 1.37. The van der Waals surface area contributed by atoms with E-state index in [4.69, 9.17) is 0 Å². The standard InChI is InChI=1S/C12H18N2/c1-2-6-12(7-3-1)10-13-11-14-8-4-5-9-14/h1-3,6-7,13H,4-5,8-11H2. The van der Waals surface area contributed by atoms with Crippen LogP contribution in [0.15, 0.2) is 30.3 Å². The molecular weight excluding hydrogens is 172 g/mol. The highest BCUT2D eigenvalue weighted by molar-refractivity contribution is 5.14. The maximum Gasteiger partial charge on any atom is 0.0483 e. The Hall–Kier alpha value is -0.860. The molecule has 14 heavy (non-hydrogen) atoms. The summed E-state index contributed by atoms with van der Waals surface area (Å²) in [6.45, 7) is 4.55. The summed E-state index contributed by atoms with van der Waals surface area (Å²) in [6, 6.07) is 10.6. The van der Waals surface area contributed by atoms with Crippen LogP contribution in [0, 0.1) is 0 Å². The second-order valence-electron chi connectivity index (χ2n) is 3.90. The molecule has 2 rings (SSSR count). The zero-order valence-electron chi connectivity index (χ0n) is 8.58. The van der Waals surface area contributed by atoms with Gasteiger partial charge in [-0.15, -0.1) is 0 Å². The number of nitrogens with zero attached hydrogens (tertiary/aromatic N) is 1. The fourth-order valence-corrected chi connectivity index (χ4v) is 1.89. The first-order valence-electron chi connectivity index (χ1n) is 5.42. The highest BCUT2D eigenvalue weighted by Crippen LogP contribution is 2.05. The fraction of sp³-hybridized carbons (Fsp3) is 0.500. The maximum absolute atomic E-state index is 3.47. The Balaban J connectivity index is 1.67. The summed E-state index contributed by atoms with van der Waals surface area (Å²) >= 11 is 0. The van der Waals surface area contributed by atoms with Gasteiger partial charge in [0.25, 0.3) is 0 Å². The minimum Gasteiger partial charge on any atom is -0.300 e. The molecule has 0 atom stereocenters. The lowest BCUT2D eigenvalue weighted by molar-refractivity contribution is 0.308. The molecular formula is C12H18N2. The number of hydrogen-bond acceptors (Lipinski definition) is 2. The summed E-state index contributed by atoms with van der Waals surface area (Å²) < 4.78 is 0. The van der Waals surface area contributed by atoms with Crippen LogP contribution in [0.3, 0.4) is 0 Å². The van der Waals surface area contributed by atoms with Crippen LogP contribution in [0.25, 0.3) is 0 Å². The van der Waals surface area contributed by atoms with Crippen molar-refractivity contribution in [1.82, 2.24) is 10.2 Å². The van der Waals surface area contributed by atoms with Crippen molar-refractivity contribution in [1.29, 1.82) is 0 Å². The van der Waals surface area contributed by atoms with Crippen molar-refractivity contribution < 1.29 is 0 Å². The minimum absolute atomic E-state index is 0.983. The summed E-state index contributed by atoms with van der Waals surface area (Å²) in [6.07, 6.45) is 2.74. The van der Waals surface area contributed by atoms with E-state index in [2.05, 4.69) is 40.5 Å². The lowest BCUT2D eigenvalue weighted by Gasteiger charge is -2.15. The SMILES string of the molecule is c1ccc(CNCN2CCCC2)cc1. The molecule has 1 aliphatic heterocycles. The van der Waals surface area contributed by atoms with E-state index >= 15 is 0 Å². The molecule has 1 heterocycles. The van der Waals surface area contributed by atoms with E-state index in [1.165, 1.54) is 31.5 Å². The molecule has 1 aliphatic rings. The third-order valence-electron chi connectivity index (χ3n) is 2.71. The molecule has 1 fully saturated rings. The van der Waals surface area contributed by atoms with Crippen LogP contribution >= 0.6 is 0 Å². The topological polar surface area (TPSA) is 15.3 Å². The highest BCUT2D eigenvalue weighted by atomic mass is 15.2. The minimum atomic E-state index is 0.983. The first-order chi connectivity index (χ1) is 6.95. The van der Waals surface area contributed by atoms with Gasteiger partial charge >= 0.3 is 0 Å². The lowest BCUT2D eigenvalue weighted by atomic mass is 10.2. The molecule has 1 saturated heterocycles. The second-order valence-corrected chi connectivity index (χ2v) is 3.90. The van der Waals surface area contributed by atoms with Crippen molar-refractivity contribution in [3.8, 4) is 0 Å². The van der Waals surface area contributed by atoms with Gasteiger partial charge in [0, 0.05) is 13.2 Å². The maximum atomic E-state index is 3.47. The Kier molecular flexibility index (Phi) is 3.55. The van der Waals surface area contributed by atoms with Crippen LogP contribution in [-0.2, 0) is 6.54 Å². The average Bonchev–Trinajstić information content (AvgIpc) is 2.72. The van der Waals surface area contributed by atoms with Gasteiger partial charge in [-0.25, -0.2) is 0 Å². The van der Waals surface area contributed by atoms with Crippen molar-refractivity contribution in [2.24, 2.45) is 0 Å². The summed E-state index contributed by atoms with van der Waals surface area (Å²) in [4.78, 5) is 2.48. The van der Waals surface area contributed by atoms with Gasteiger partial charge in [0.15, 0.2) is 0 Å². The van der Waals surface area contributed by atoms with Crippen molar-refractivity contribution in [3.63, 3.8) is 0 Å². The monoisotopic (exact) mass is 190 g/mol. The predicted molar refractivity (Wildman–Crippen MR) is 59.0 cm³/mol. The van der Waals surface area contributed by atoms with E-state index in [0.717, 1.165) is 13.2 Å². The molecule has 0 spiro atoms. The van der Waals surface area contributed by atoms with E-state index in [-0.39, 0.29) is 0 Å². The van der Waals surface area contributed by atoms with Crippen molar-refractivity contribution in [3.05, 3.63) is 35.9 Å². The molecule has 0 aliphatic carbocycles. The van der Waals surface area contributed by atoms with E-state index in [1.807, 2.05) is 0 Å². The van der Waals surface area contributed by atoms with Gasteiger partial charge in [-0.05, 0) is 31.5 Å². The summed E-state index contributed by atoms with van der Waals surface area (Å²) in [7, 11) is 0. The molecule has 76 valence electrons. The molecule has 1 N–H and O–H groups in total. The summed E-state index contributed by atoms with van der Waals surface area (Å²) in [5.74, 6) is 0. The van der Waals surface area contributed by atoms with Gasteiger partial charge in [0.2, 0.25) is 0 Å². The van der Waals surface area contributed by atoms with E-state index in [1.54, 1.807) is 0 Å².